The zero-order valence-electron chi connectivity index (χ0n) is 7.38. The van der Waals surface area contributed by atoms with Crippen LogP contribution in [0.4, 0.5) is 0 Å². The van der Waals surface area contributed by atoms with Gasteiger partial charge < -0.3 is 14.6 Å². The minimum absolute atomic E-state index is 0.0463. The molecule has 0 aromatic rings. The van der Waals surface area contributed by atoms with Crippen molar-refractivity contribution < 1.29 is 14.6 Å². The number of ether oxygens (including phenoxy) is 2. The summed E-state index contributed by atoms with van der Waals surface area (Å²) in [5.41, 5.74) is 0. The Balaban J connectivity index is 0.000000187. The fraction of sp³-hybridized carbons (Fsp3) is 1.00. The van der Waals surface area contributed by atoms with Crippen molar-refractivity contribution in [1.82, 2.24) is 0 Å². The molecule has 3 heteroatoms. The molecule has 0 heterocycles. The predicted molar refractivity (Wildman–Crippen MR) is 43.4 cm³/mol. The molecule has 0 saturated heterocycles. The molecular formula is C8H18O3. The van der Waals surface area contributed by atoms with Gasteiger partial charge in [-0.3, -0.25) is 0 Å². The molecule has 0 aromatic heterocycles. The summed E-state index contributed by atoms with van der Waals surface area (Å²) in [4.78, 5) is 0. The molecule has 0 radical (unpaired) electrons. The molecule has 0 aromatic carbocycles. The first-order valence-corrected chi connectivity index (χ1v) is 3.97. The van der Waals surface area contributed by atoms with Crippen LogP contribution in [0.15, 0.2) is 0 Å². The second-order valence-corrected chi connectivity index (χ2v) is 2.63. The van der Waals surface area contributed by atoms with Gasteiger partial charge in [0, 0.05) is 14.2 Å². The third-order valence-corrected chi connectivity index (χ3v) is 1.56. The second-order valence-electron chi connectivity index (χ2n) is 2.63. The van der Waals surface area contributed by atoms with Crippen LogP contribution in [-0.4, -0.2) is 32.2 Å². The molecule has 0 unspecified atom stereocenters. The lowest BCUT2D eigenvalue weighted by atomic mass is 10.3. The van der Waals surface area contributed by atoms with Gasteiger partial charge in [-0.1, -0.05) is 12.8 Å². The highest BCUT2D eigenvalue weighted by Crippen LogP contribution is 2.16. The minimum Gasteiger partial charge on any atom is -0.393 e. The van der Waals surface area contributed by atoms with Gasteiger partial charge in [-0.2, -0.15) is 0 Å². The van der Waals surface area contributed by atoms with E-state index in [4.69, 9.17) is 5.11 Å². The Morgan fingerprint density at radius 1 is 1.18 bits per heavy atom. The molecule has 1 N–H and O–H groups in total. The molecule has 0 aliphatic heterocycles. The van der Waals surface area contributed by atoms with E-state index in [1.165, 1.54) is 12.8 Å². The molecule has 0 amide bonds. The average molecular weight is 162 g/mol. The number of rotatable bonds is 2. The second kappa shape index (κ2) is 7.98. The van der Waals surface area contributed by atoms with Crippen molar-refractivity contribution in [2.75, 3.05) is 21.0 Å². The monoisotopic (exact) mass is 162 g/mol. The van der Waals surface area contributed by atoms with E-state index in [1.54, 1.807) is 14.2 Å². The van der Waals surface area contributed by atoms with Gasteiger partial charge in [0.2, 0.25) is 0 Å². The van der Waals surface area contributed by atoms with Crippen molar-refractivity contribution in [2.45, 2.75) is 31.8 Å². The zero-order chi connectivity index (χ0) is 8.53. The summed E-state index contributed by atoms with van der Waals surface area (Å²) < 4.78 is 8.94. The Hall–Kier alpha value is -0.120. The molecule has 1 aliphatic rings. The SMILES string of the molecule is COCOC.OC1CCCC1. The first kappa shape index (κ1) is 10.9. The fourth-order valence-electron chi connectivity index (χ4n) is 1.02. The highest BCUT2D eigenvalue weighted by molar-refractivity contribution is 4.63. The smallest absolute Gasteiger partial charge is 0.145 e. The van der Waals surface area contributed by atoms with Crippen LogP contribution in [0.3, 0.4) is 0 Å². The van der Waals surface area contributed by atoms with Crippen molar-refractivity contribution in [1.29, 1.82) is 0 Å². The van der Waals surface area contributed by atoms with Crippen molar-refractivity contribution in [3.8, 4) is 0 Å². The standard InChI is InChI=1S/C5H10O.C3H8O2/c6-5-3-1-2-4-5;1-4-3-5-2/h5-6H,1-4H2;3H2,1-2H3. The van der Waals surface area contributed by atoms with Gasteiger partial charge in [0.25, 0.3) is 0 Å². The van der Waals surface area contributed by atoms with Crippen molar-refractivity contribution in [3.05, 3.63) is 0 Å². The van der Waals surface area contributed by atoms with Crippen molar-refractivity contribution in [3.63, 3.8) is 0 Å². The van der Waals surface area contributed by atoms with Gasteiger partial charge >= 0.3 is 0 Å². The maximum atomic E-state index is 8.73. The first-order chi connectivity index (χ1) is 5.31. The van der Waals surface area contributed by atoms with Crippen LogP contribution in [-0.2, 0) is 9.47 Å². The molecule has 1 aliphatic carbocycles. The number of aliphatic hydroxyl groups excluding tert-OH is 1. The Bertz CT molecular complexity index is 67.7. The van der Waals surface area contributed by atoms with E-state index in [9.17, 15) is 0 Å². The Labute approximate surface area is 68.3 Å². The third kappa shape index (κ3) is 7.78. The zero-order valence-corrected chi connectivity index (χ0v) is 7.38. The highest BCUT2D eigenvalue weighted by atomic mass is 16.6. The number of aliphatic hydroxyl groups is 1. The number of hydrogen-bond donors (Lipinski definition) is 1. The average Bonchev–Trinajstić information content (AvgIpc) is 2.43. The van der Waals surface area contributed by atoms with Crippen molar-refractivity contribution in [2.24, 2.45) is 0 Å². The van der Waals surface area contributed by atoms with Gasteiger partial charge in [-0.05, 0) is 12.8 Å². The van der Waals surface area contributed by atoms with Gasteiger partial charge in [-0.15, -0.1) is 0 Å². The first-order valence-electron chi connectivity index (χ1n) is 3.97. The minimum atomic E-state index is 0.0463. The normalized spacial score (nSPS) is 17.7. The highest BCUT2D eigenvalue weighted by Gasteiger charge is 2.09. The summed E-state index contributed by atoms with van der Waals surface area (Å²) in [6.45, 7) is 0.389. The summed E-state index contributed by atoms with van der Waals surface area (Å²) in [7, 11) is 3.17. The van der Waals surface area contributed by atoms with E-state index in [1.807, 2.05) is 0 Å². The van der Waals surface area contributed by atoms with E-state index in [0.717, 1.165) is 12.8 Å². The maximum absolute atomic E-state index is 8.73. The van der Waals surface area contributed by atoms with E-state index >= 15 is 0 Å². The molecule has 0 bridgehead atoms. The Morgan fingerprint density at radius 2 is 1.64 bits per heavy atom. The fourth-order valence-corrected chi connectivity index (χ4v) is 1.02. The summed E-state index contributed by atoms with van der Waals surface area (Å²) in [5.74, 6) is 0. The van der Waals surface area contributed by atoms with E-state index in [0.29, 0.717) is 6.79 Å². The van der Waals surface area contributed by atoms with E-state index in [2.05, 4.69) is 9.47 Å². The van der Waals surface area contributed by atoms with E-state index in [-0.39, 0.29) is 6.10 Å². The van der Waals surface area contributed by atoms with Crippen LogP contribution in [0, 0.1) is 0 Å². The lowest BCUT2D eigenvalue weighted by Gasteiger charge is -1.91. The molecule has 11 heavy (non-hydrogen) atoms. The molecule has 1 fully saturated rings. The van der Waals surface area contributed by atoms with Crippen LogP contribution in [0.25, 0.3) is 0 Å². The topological polar surface area (TPSA) is 38.7 Å². The Kier molecular flexibility index (Phi) is 7.89. The summed E-state index contributed by atoms with van der Waals surface area (Å²) >= 11 is 0. The van der Waals surface area contributed by atoms with Gasteiger partial charge in [0.1, 0.15) is 6.79 Å². The largest absolute Gasteiger partial charge is 0.393 e. The number of hydrogen-bond acceptors (Lipinski definition) is 3. The Morgan fingerprint density at radius 3 is 1.73 bits per heavy atom. The molecule has 1 saturated carbocycles. The van der Waals surface area contributed by atoms with Crippen molar-refractivity contribution >= 4 is 0 Å². The van der Waals surface area contributed by atoms with Crippen LogP contribution >= 0.6 is 0 Å². The summed E-state index contributed by atoms with van der Waals surface area (Å²) in [6.07, 6.45) is 4.60. The van der Waals surface area contributed by atoms with Crippen LogP contribution < -0.4 is 0 Å². The quantitative estimate of drug-likeness (QED) is 0.619. The van der Waals surface area contributed by atoms with Crippen LogP contribution in [0.1, 0.15) is 25.7 Å². The van der Waals surface area contributed by atoms with Crippen LogP contribution in [0.2, 0.25) is 0 Å². The predicted octanol–water partition coefficient (Wildman–Crippen LogP) is 1.16. The molecule has 0 atom stereocenters. The third-order valence-electron chi connectivity index (χ3n) is 1.56. The maximum Gasteiger partial charge on any atom is 0.145 e. The number of methoxy groups -OCH3 is 2. The lowest BCUT2D eigenvalue weighted by Crippen LogP contribution is -1.94. The van der Waals surface area contributed by atoms with Crippen LogP contribution in [0.5, 0.6) is 0 Å². The molecular weight excluding hydrogens is 144 g/mol. The molecule has 1 rings (SSSR count). The lowest BCUT2D eigenvalue weighted by molar-refractivity contribution is -0.00271. The van der Waals surface area contributed by atoms with Gasteiger partial charge in [-0.25, -0.2) is 0 Å². The molecule has 0 spiro atoms. The molecule has 3 nitrogen and oxygen atoms in total. The van der Waals surface area contributed by atoms with E-state index < -0.39 is 0 Å². The summed E-state index contributed by atoms with van der Waals surface area (Å²) in [5, 5.41) is 8.73. The summed E-state index contributed by atoms with van der Waals surface area (Å²) in [6, 6.07) is 0. The van der Waals surface area contributed by atoms with Gasteiger partial charge in [0.15, 0.2) is 0 Å². The molecule has 68 valence electrons. The van der Waals surface area contributed by atoms with Gasteiger partial charge in [0.05, 0.1) is 6.10 Å².